The number of hydrogen-bond acceptors (Lipinski definition) is 3. The Hall–Kier alpha value is -0.580. The van der Waals surface area contributed by atoms with Crippen molar-refractivity contribution in [2.24, 2.45) is 5.73 Å². The minimum absolute atomic E-state index is 0.0674. The van der Waals surface area contributed by atoms with Gasteiger partial charge in [-0.3, -0.25) is 0 Å². The first-order valence-corrected chi connectivity index (χ1v) is 7.29. The molecule has 0 amide bonds. The van der Waals surface area contributed by atoms with Gasteiger partial charge in [-0.05, 0) is 17.7 Å². The number of rotatable bonds is 3. The third-order valence-electron chi connectivity index (χ3n) is 3.08. The highest BCUT2D eigenvalue weighted by atomic mass is 35.5. The molecule has 0 heterocycles. The molecule has 2 N–H and O–H groups in total. The van der Waals surface area contributed by atoms with Gasteiger partial charge in [0.15, 0.2) is 9.84 Å². The van der Waals surface area contributed by atoms with Crippen molar-refractivity contribution in [3.63, 3.8) is 0 Å². The largest absolute Gasteiger partial charge is 0.326 e. The lowest BCUT2D eigenvalue weighted by Crippen LogP contribution is -2.17. The fourth-order valence-corrected chi connectivity index (χ4v) is 3.91. The molecule has 1 aromatic rings. The zero-order chi connectivity index (χ0) is 11.9. The molecule has 1 aromatic carbocycles. The summed E-state index contributed by atoms with van der Waals surface area (Å²) in [6.45, 7) is 1.65. The van der Waals surface area contributed by atoms with Crippen molar-refractivity contribution < 1.29 is 8.42 Å². The Labute approximate surface area is 101 Å². The van der Waals surface area contributed by atoms with Crippen LogP contribution in [0.15, 0.2) is 24.3 Å². The first-order chi connectivity index (χ1) is 7.47. The van der Waals surface area contributed by atoms with E-state index in [-0.39, 0.29) is 17.7 Å². The SMILES string of the molecule is CCS(=O)(=O)[C@@H]1[C@H](N)[C@H]1c1ccc(Cl)cc1. The molecule has 1 aliphatic rings. The Kier molecular flexibility index (Phi) is 2.99. The normalized spacial score (nSPS) is 29.1. The van der Waals surface area contributed by atoms with Crippen LogP contribution in [-0.2, 0) is 9.84 Å². The van der Waals surface area contributed by atoms with E-state index in [4.69, 9.17) is 17.3 Å². The van der Waals surface area contributed by atoms with E-state index >= 15 is 0 Å². The van der Waals surface area contributed by atoms with E-state index in [0.29, 0.717) is 5.02 Å². The van der Waals surface area contributed by atoms with Crippen LogP contribution < -0.4 is 5.73 Å². The zero-order valence-electron chi connectivity index (χ0n) is 8.93. The molecule has 16 heavy (non-hydrogen) atoms. The van der Waals surface area contributed by atoms with Gasteiger partial charge < -0.3 is 5.73 Å². The molecule has 3 nitrogen and oxygen atoms in total. The number of sulfone groups is 1. The van der Waals surface area contributed by atoms with E-state index in [1.54, 1.807) is 19.1 Å². The molecule has 2 rings (SSSR count). The van der Waals surface area contributed by atoms with Crippen LogP contribution in [0.3, 0.4) is 0 Å². The van der Waals surface area contributed by atoms with E-state index in [1.807, 2.05) is 12.1 Å². The van der Waals surface area contributed by atoms with Crippen LogP contribution in [0.1, 0.15) is 18.4 Å². The molecule has 0 unspecified atom stereocenters. The highest BCUT2D eigenvalue weighted by Crippen LogP contribution is 2.45. The Balaban J connectivity index is 2.24. The summed E-state index contributed by atoms with van der Waals surface area (Å²) in [6, 6.07) is 6.94. The van der Waals surface area contributed by atoms with E-state index in [2.05, 4.69) is 0 Å². The standard InChI is InChI=1S/C11H14ClNO2S/c1-2-16(14,15)11-9(10(11)13)7-3-5-8(12)6-4-7/h3-6,9-11H,2,13H2,1H3/t9-,10-,11+/m1/s1. The van der Waals surface area contributed by atoms with Crippen LogP contribution in [0.2, 0.25) is 5.02 Å². The fraction of sp³-hybridized carbons (Fsp3) is 0.455. The van der Waals surface area contributed by atoms with Crippen LogP contribution in [0, 0.1) is 0 Å². The molecule has 1 saturated carbocycles. The van der Waals surface area contributed by atoms with E-state index in [1.165, 1.54) is 0 Å². The van der Waals surface area contributed by atoms with Gasteiger partial charge in [-0.15, -0.1) is 0 Å². The van der Waals surface area contributed by atoms with Crippen LogP contribution in [-0.4, -0.2) is 25.5 Å². The summed E-state index contributed by atoms with van der Waals surface area (Å²) in [5.74, 6) is 0.0809. The van der Waals surface area contributed by atoms with Crippen molar-refractivity contribution in [2.75, 3.05) is 5.75 Å². The van der Waals surface area contributed by atoms with Crippen molar-refractivity contribution in [3.8, 4) is 0 Å². The molecular weight excluding hydrogens is 246 g/mol. The third-order valence-corrected chi connectivity index (χ3v) is 5.57. The van der Waals surface area contributed by atoms with Crippen molar-refractivity contribution in [1.82, 2.24) is 0 Å². The number of halogens is 1. The minimum Gasteiger partial charge on any atom is -0.326 e. The maximum absolute atomic E-state index is 11.7. The molecule has 0 spiro atoms. The van der Waals surface area contributed by atoms with Gasteiger partial charge in [0.25, 0.3) is 0 Å². The van der Waals surface area contributed by atoms with Gasteiger partial charge in [-0.2, -0.15) is 0 Å². The fourth-order valence-electron chi connectivity index (χ4n) is 2.06. The average Bonchev–Trinajstić information content (AvgIpc) is 2.92. The summed E-state index contributed by atoms with van der Waals surface area (Å²) in [4.78, 5) is 0. The lowest BCUT2D eigenvalue weighted by molar-refractivity contribution is 0.594. The first-order valence-electron chi connectivity index (χ1n) is 5.20. The molecule has 3 atom stereocenters. The van der Waals surface area contributed by atoms with E-state index < -0.39 is 15.1 Å². The summed E-state index contributed by atoms with van der Waals surface area (Å²) in [7, 11) is -3.04. The smallest absolute Gasteiger partial charge is 0.155 e. The Morgan fingerprint density at radius 2 is 1.88 bits per heavy atom. The van der Waals surface area contributed by atoms with Crippen LogP contribution in [0.25, 0.3) is 0 Å². The Bertz CT molecular complexity index is 483. The lowest BCUT2D eigenvalue weighted by atomic mass is 10.1. The zero-order valence-corrected chi connectivity index (χ0v) is 10.5. The predicted octanol–water partition coefficient (Wildman–Crippen LogP) is 1.57. The van der Waals surface area contributed by atoms with Gasteiger partial charge in [0.2, 0.25) is 0 Å². The van der Waals surface area contributed by atoms with Crippen molar-refractivity contribution in [1.29, 1.82) is 0 Å². The molecule has 0 aromatic heterocycles. The molecule has 0 aliphatic heterocycles. The summed E-state index contributed by atoms with van der Waals surface area (Å²) in [6.07, 6.45) is 0. The number of nitrogens with two attached hydrogens (primary N) is 1. The number of hydrogen-bond donors (Lipinski definition) is 1. The van der Waals surface area contributed by atoms with Gasteiger partial charge in [-0.1, -0.05) is 30.7 Å². The number of benzene rings is 1. The summed E-state index contributed by atoms with van der Waals surface area (Å²) in [5, 5.41) is 0.228. The monoisotopic (exact) mass is 259 g/mol. The van der Waals surface area contributed by atoms with E-state index in [9.17, 15) is 8.42 Å². The molecule has 1 fully saturated rings. The highest BCUT2D eigenvalue weighted by molar-refractivity contribution is 7.92. The topological polar surface area (TPSA) is 60.2 Å². The highest BCUT2D eigenvalue weighted by Gasteiger charge is 2.55. The summed E-state index contributed by atoms with van der Waals surface area (Å²) < 4.78 is 23.4. The van der Waals surface area contributed by atoms with Gasteiger partial charge in [0.05, 0.1) is 5.25 Å². The summed E-state index contributed by atoms with van der Waals surface area (Å²) >= 11 is 5.78. The maximum atomic E-state index is 11.7. The maximum Gasteiger partial charge on any atom is 0.155 e. The second-order valence-corrected chi connectivity index (χ2v) is 6.95. The van der Waals surface area contributed by atoms with Crippen LogP contribution >= 0.6 is 11.6 Å². The Morgan fingerprint density at radius 1 is 1.31 bits per heavy atom. The second-order valence-electron chi connectivity index (χ2n) is 4.07. The van der Waals surface area contributed by atoms with Gasteiger partial charge in [0, 0.05) is 22.7 Å². The molecule has 0 radical (unpaired) electrons. The lowest BCUT2D eigenvalue weighted by Gasteiger charge is -2.00. The van der Waals surface area contributed by atoms with Crippen LogP contribution in [0.4, 0.5) is 0 Å². The van der Waals surface area contributed by atoms with Gasteiger partial charge in [0.1, 0.15) is 0 Å². The van der Waals surface area contributed by atoms with E-state index in [0.717, 1.165) is 5.56 Å². The second kappa shape index (κ2) is 4.02. The quantitative estimate of drug-likeness (QED) is 0.896. The molecule has 0 bridgehead atoms. The van der Waals surface area contributed by atoms with Crippen molar-refractivity contribution in [2.45, 2.75) is 24.1 Å². The third kappa shape index (κ3) is 1.97. The molecular formula is C11H14ClNO2S. The first kappa shape index (κ1) is 11.9. The van der Waals surface area contributed by atoms with Gasteiger partial charge >= 0.3 is 0 Å². The predicted molar refractivity (Wildman–Crippen MR) is 65.4 cm³/mol. The molecule has 0 saturated heterocycles. The van der Waals surface area contributed by atoms with Crippen LogP contribution in [0.5, 0.6) is 0 Å². The Morgan fingerprint density at radius 3 is 2.38 bits per heavy atom. The molecule has 5 heteroatoms. The average molecular weight is 260 g/mol. The van der Waals surface area contributed by atoms with Crippen molar-refractivity contribution in [3.05, 3.63) is 34.9 Å². The molecule has 1 aliphatic carbocycles. The van der Waals surface area contributed by atoms with Gasteiger partial charge in [-0.25, -0.2) is 8.42 Å². The van der Waals surface area contributed by atoms with Crippen molar-refractivity contribution >= 4 is 21.4 Å². The summed E-state index contributed by atoms with van der Waals surface area (Å²) in [5.41, 5.74) is 6.79. The molecule has 88 valence electrons. The minimum atomic E-state index is -3.04.